The minimum Gasteiger partial charge on any atom is -0.380 e. The largest absolute Gasteiger partial charge is 0.380 e. The first-order valence-electron chi connectivity index (χ1n) is 9.09. The van der Waals surface area contributed by atoms with Crippen LogP contribution in [0.25, 0.3) is 0 Å². The Kier molecular flexibility index (Phi) is 6.60. The lowest BCUT2D eigenvalue weighted by Crippen LogP contribution is -2.50. The van der Waals surface area contributed by atoms with Gasteiger partial charge in [0.2, 0.25) is 0 Å². The number of rotatable bonds is 7. The quantitative estimate of drug-likeness (QED) is 0.670. The lowest BCUT2D eigenvalue weighted by atomic mass is 10.0. The van der Waals surface area contributed by atoms with Crippen LogP contribution >= 0.6 is 11.3 Å². The number of aliphatic hydroxyl groups excluding tert-OH is 2. The van der Waals surface area contributed by atoms with E-state index in [9.17, 15) is 19.8 Å². The van der Waals surface area contributed by atoms with Gasteiger partial charge in [0.05, 0.1) is 6.04 Å². The van der Waals surface area contributed by atoms with Crippen LogP contribution in [0.15, 0.2) is 47.8 Å². The number of hydrogen-bond donors (Lipinski definition) is 3. The van der Waals surface area contributed by atoms with Crippen molar-refractivity contribution in [1.82, 2.24) is 10.2 Å². The third kappa shape index (κ3) is 4.74. The van der Waals surface area contributed by atoms with Crippen LogP contribution in [0.4, 0.5) is 0 Å². The Morgan fingerprint density at radius 1 is 1.15 bits per heavy atom. The molecular formula is C20H24N2O4S. The average molecular weight is 388 g/mol. The molecule has 0 bridgehead atoms. The van der Waals surface area contributed by atoms with Gasteiger partial charge < -0.3 is 20.4 Å². The molecule has 6 nitrogen and oxygen atoms in total. The van der Waals surface area contributed by atoms with Crippen LogP contribution < -0.4 is 5.32 Å². The Morgan fingerprint density at radius 2 is 1.93 bits per heavy atom. The highest BCUT2D eigenvalue weighted by Crippen LogP contribution is 2.32. The lowest BCUT2D eigenvalue weighted by molar-refractivity contribution is -0.153. The first-order valence-corrected chi connectivity index (χ1v) is 9.97. The molecule has 7 heteroatoms. The monoisotopic (exact) mass is 388 g/mol. The maximum absolute atomic E-state index is 12.7. The Morgan fingerprint density at radius 3 is 2.63 bits per heavy atom. The highest BCUT2D eigenvalue weighted by molar-refractivity contribution is 7.09. The maximum atomic E-state index is 12.7. The maximum Gasteiger partial charge on any atom is 0.255 e. The molecule has 27 heavy (non-hydrogen) atoms. The summed E-state index contributed by atoms with van der Waals surface area (Å²) in [6.07, 6.45) is -1.29. The minimum atomic E-state index is -1.78. The molecule has 2 amide bonds. The molecule has 0 radical (unpaired) electrons. The zero-order valence-corrected chi connectivity index (χ0v) is 15.8. The number of aliphatic hydroxyl groups is 2. The lowest BCUT2D eigenvalue weighted by Gasteiger charge is -2.28. The molecule has 144 valence electrons. The summed E-state index contributed by atoms with van der Waals surface area (Å²) in [6.45, 7) is 0.843. The molecule has 0 spiro atoms. The van der Waals surface area contributed by atoms with Crippen LogP contribution in [0.2, 0.25) is 0 Å². The van der Waals surface area contributed by atoms with Crippen molar-refractivity contribution in [2.45, 2.75) is 37.5 Å². The van der Waals surface area contributed by atoms with Crippen LogP contribution in [0.1, 0.15) is 29.3 Å². The average Bonchev–Trinajstić information content (AvgIpc) is 3.38. The normalized spacial score (nSPS) is 18.9. The molecule has 0 aliphatic carbocycles. The third-order valence-electron chi connectivity index (χ3n) is 4.79. The Bertz CT molecular complexity index is 751. The first-order chi connectivity index (χ1) is 13.1. The second-order valence-electron chi connectivity index (χ2n) is 6.61. The van der Waals surface area contributed by atoms with Crippen LogP contribution in [0, 0.1) is 0 Å². The van der Waals surface area contributed by atoms with Crippen molar-refractivity contribution in [3.8, 4) is 0 Å². The van der Waals surface area contributed by atoms with Crippen LogP contribution in [0.5, 0.6) is 0 Å². The molecule has 0 unspecified atom stereocenters. The fourth-order valence-electron chi connectivity index (χ4n) is 3.37. The standard InChI is InChI=1S/C20H24N2O4S/c23-17(19(25)21-11-10-15-8-5-13-27-15)18(24)20(26)22-12-4-9-16(22)14-6-2-1-3-7-14/h1-3,5-8,13,16-18,23-24H,4,9-12H2,(H,21,25)/t16-,17+,18+/m0/s1. The van der Waals surface area contributed by atoms with E-state index in [2.05, 4.69) is 5.32 Å². The number of amides is 2. The van der Waals surface area contributed by atoms with E-state index in [0.717, 1.165) is 23.3 Å². The van der Waals surface area contributed by atoms with E-state index in [1.54, 1.807) is 16.2 Å². The molecule has 1 aliphatic rings. The van der Waals surface area contributed by atoms with E-state index >= 15 is 0 Å². The molecular weight excluding hydrogens is 364 g/mol. The Labute approximate surface area is 162 Å². The molecule has 3 atom stereocenters. The number of nitrogens with zero attached hydrogens (tertiary/aromatic N) is 1. The number of carbonyl (C=O) groups excluding carboxylic acids is 2. The summed E-state index contributed by atoms with van der Waals surface area (Å²) in [7, 11) is 0. The molecule has 0 saturated carbocycles. The van der Waals surface area contributed by atoms with E-state index in [-0.39, 0.29) is 6.04 Å². The highest BCUT2D eigenvalue weighted by atomic mass is 32.1. The second kappa shape index (κ2) is 9.12. The molecule has 3 N–H and O–H groups in total. The topological polar surface area (TPSA) is 89.9 Å². The zero-order valence-electron chi connectivity index (χ0n) is 15.0. The van der Waals surface area contributed by atoms with Crippen LogP contribution in [-0.4, -0.2) is 52.2 Å². The van der Waals surface area contributed by atoms with E-state index in [0.29, 0.717) is 19.5 Å². The number of nitrogens with one attached hydrogen (secondary N) is 1. The zero-order chi connectivity index (χ0) is 19.2. The van der Waals surface area contributed by atoms with E-state index in [4.69, 9.17) is 0 Å². The van der Waals surface area contributed by atoms with Crippen molar-refractivity contribution in [2.24, 2.45) is 0 Å². The summed E-state index contributed by atoms with van der Waals surface area (Å²) in [5.74, 6) is -1.34. The molecule has 2 aromatic rings. The number of benzene rings is 1. The second-order valence-corrected chi connectivity index (χ2v) is 7.64. The van der Waals surface area contributed by atoms with Gasteiger partial charge in [-0.2, -0.15) is 0 Å². The SMILES string of the molecule is O=C(NCCc1cccs1)[C@H](O)[C@@H](O)C(=O)N1CCC[C@H]1c1ccccc1. The molecule has 1 aromatic heterocycles. The Hall–Kier alpha value is -2.22. The van der Waals surface area contributed by atoms with E-state index in [1.807, 2.05) is 47.8 Å². The molecule has 1 fully saturated rings. The fraction of sp³-hybridized carbons (Fsp3) is 0.400. The number of likely N-dealkylation sites (tertiary alicyclic amines) is 1. The number of carbonyl (C=O) groups is 2. The highest BCUT2D eigenvalue weighted by Gasteiger charge is 2.38. The minimum absolute atomic E-state index is 0.137. The molecule has 3 rings (SSSR count). The summed E-state index contributed by atoms with van der Waals surface area (Å²) in [4.78, 5) is 27.4. The summed E-state index contributed by atoms with van der Waals surface area (Å²) in [5, 5.41) is 24.9. The smallest absolute Gasteiger partial charge is 0.255 e. The molecule has 1 saturated heterocycles. The van der Waals surface area contributed by atoms with Gasteiger partial charge in [0, 0.05) is 18.0 Å². The number of hydrogen-bond acceptors (Lipinski definition) is 5. The van der Waals surface area contributed by atoms with Crippen molar-refractivity contribution in [2.75, 3.05) is 13.1 Å². The van der Waals surface area contributed by atoms with Gasteiger partial charge in [-0.05, 0) is 36.3 Å². The van der Waals surface area contributed by atoms with Gasteiger partial charge in [-0.3, -0.25) is 9.59 Å². The fourth-order valence-corrected chi connectivity index (χ4v) is 4.08. The summed E-state index contributed by atoms with van der Waals surface area (Å²) in [6, 6.07) is 13.4. The van der Waals surface area contributed by atoms with Crippen molar-refractivity contribution in [3.63, 3.8) is 0 Å². The van der Waals surface area contributed by atoms with Gasteiger partial charge >= 0.3 is 0 Å². The van der Waals surface area contributed by atoms with Crippen LogP contribution in [0.3, 0.4) is 0 Å². The summed E-state index contributed by atoms with van der Waals surface area (Å²) >= 11 is 1.59. The van der Waals surface area contributed by atoms with Crippen molar-refractivity contribution >= 4 is 23.2 Å². The van der Waals surface area contributed by atoms with Gasteiger partial charge in [-0.1, -0.05) is 36.4 Å². The van der Waals surface area contributed by atoms with E-state index < -0.39 is 24.0 Å². The molecule has 2 heterocycles. The van der Waals surface area contributed by atoms with Crippen molar-refractivity contribution < 1.29 is 19.8 Å². The van der Waals surface area contributed by atoms with Crippen molar-refractivity contribution in [3.05, 3.63) is 58.3 Å². The van der Waals surface area contributed by atoms with Gasteiger partial charge in [-0.25, -0.2) is 0 Å². The van der Waals surface area contributed by atoms with Gasteiger partial charge in [0.25, 0.3) is 11.8 Å². The summed E-state index contributed by atoms with van der Waals surface area (Å²) in [5.41, 5.74) is 0.991. The number of thiophene rings is 1. The third-order valence-corrected chi connectivity index (χ3v) is 5.73. The predicted molar refractivity (Wildman–Crippen MR) is 103 cm³/mol. The predicted octanol–water partition coefficient (Wildman–Crippen LogP) is 1.49. The van der Waals surface area contributed by atoms with Crippen LogP contribution in [-0.2, 0) is 16.0 Å². The molecule has 1 aliphatic heterocycles. The van der Waals surface area contributed by atoms with Gasteiger partial charge in [0.15, 0.2) is 12.2 Å². The van der Waals surface area contributed by atoms with Gasteiger partial charge in [0.1, 0.15) is 0 Å². The van der Waals surface area contributed by atoms with Crippen molar-refractivity contribution in [1.29, 1.82) is 0 Å². The summed E-state index contributed by atoms with van der Waals surface area (Å²) < 4.78 is 0. The Balaban J connectivity index is 1.56. The molecule has 1 aromatic carbocycles. The van der Waals surface area contributed by atoms with E-state index in [1.165, 1.54) is 0 Å². The van der Waals surface area contributed by atoms with Gasteiger partial charge in [-0.15, -0.1) is 11.3 Å². The first kappa shape index (κ1) is 19.5.